The second-order valence-electron chi connectivity index (χ2n) is 3.84. The van der Waals surface area contributed by atoms with Gasteiger partial charge in [-0.3, -0.25) is 9.59 Å². The lowest BCUT2D eigenvalue weighted by atomic mass is 10.0. The lowest BCUT2D eigenvalue weighted by Gasteiger charge is -2.34. The number of hydrogen-bond acceptors (Lipinski definition) is 3. The molecule has 0 spiro atoms. The second kappa shape index (κ2) is 5.70. The number of carbonyl (C=O) groups excluding carboxylic acids is 2. The van der Waals surface area contributed by atoms with Gasteiger partial charge in [-0.1, -0.05) is 6.92 Å². The third kappa shape index (κ3) is 3.51. The summed E-state index contributed by atoms with van der Waals surface area (Å²) in [5.41, 5.74) is -0.887. The van der Waals surface area contributed by atoms with Gasteiger partial charge in [0.05, 0.1) is 6.61 Å². The van der Waals surface area contributed by atoms with E-state index < -0.39 is 5.54 Å². The number of nitrogens with one attached hydrogen (secondary N) is 1. The molecule has 0 unspecified atom stereocenters. The van der Waals surface area contributed by atoms with E-state index in [0.717, 1.165) is 0 Å². The van der Waals surface area contributed by atoms with Crippen molar-refractivity contribution < 1.29 is 14.7 Å². The first-order valence-electron chi connectivity index (χ1n) is 5.03. The zero-order valence-electron chi connectivity index (χ0n) is 9.83. The fraction of sp³-hybridized carbons (Fsp3) is 0.800. The predicted octanol–water partition coefficient (Wildman–Crippen LogP) is -0.258. The Balaban J connectivity index is 4.50. The molecule has 0 aliphatic heterocycles. The number of likely N-dealkylation sites (N-methyl/N-ethyl adjacent to an activating group) is 1. The average molecular weight is 216 g/mol. The van der Waals surface area contributed by atoms with Crippen LogP contribution >= 0.6 is 0 Å². The van der Waals surface area contributed by atoms with Crippen molar-refractivity contribution in [1.82, 2.24) is 10.2 Å². The first-order valence-corrected chi connectivity index (χ1v) is 5.03. The highest BCUT2D eigenvalue weighted by Gasteiger charge is 2.34. The first kappa shape index (κ1) is 13.9. The molecule has 0 saturated heterocycles. The SMILES string of the molecule is CCC(=O)N(C)C(C)(C)C(=O)NCCO. The van der Waals surface area contributed by atoms with Crippen LogP contribution in [0.25, 0.3) is 0 Å². The highest BCUT2D eigenvalue weighted by molar-refractivity contribution is 5.90. The number of nitrogens with zero attached hydrogens (tertiary/aromatic N) is 1. The standard InChI is InChI=1S/C10H20N2O3/c1-5-8(14)12(4)10(2,3)9(15)11-6-7-13/h13H,5-7H2,1-4H3,(H,11,15). The van der Waals surface area contributed by atoms with E-state index in [1.54, 1.807) is 27.8 Å². The summed E-state index contributed by atoms with van der Waals surface area (Å²) in [5.74, 6) is -0.347. The molecule has 0 heterocycles. The van der Waals surface area contributed by atoms with Gasteiger partial charge in [0.1, 0.15) is 5.54 Å². The molecule has 5 nitrogen and oxygen atoms in total. The summed E-state index contributed by atoms with van der Waals surface area (Å²) in [6.45, 7) is 5.20. The lowest BCUT2D eigenvalue weighted by molar-refractivity contribution is -0.143. The number of aliphatic hydroxyl groups excluding tert-OH is 1. The highest BCUT2D eigenvalue weighted by atomic mass is 16.3. The second-order valence-corrected chi connectivity index (χ2v) is 3.84. The monoisotopic (exact) mass is 216 g/mol. The molecular formula is C10H20N2O3. The molecule has 5 heteroatoms. The molecule has 2 amide bonds. The fourth-order valence-electron chi connectivity index (χ4n) is 1.09. The van der Waals surface area contributed by atoms with Crippen molar-refractivity contribution in [3.05, 3.63) is 0 Å². The Morgan fingerprint density at radius 3 is 2.33 bits per heavy atom. The maximum Gasteiger partial charge on any atom is 0.245 e. The Labute approximate surface area is 90.5 Å². The molecule has 0 aromatic heterocycles. The van der Waals surface area contributed by atoms with Crippen molar-refractivity contribution in [2.45, 2.75) is 32.7 Å². The molecule has 88 valence electrons. The van der Waals surface area contributed by atoms with Gasteiger partial charge < -0.3 is 15.3 Å². The van der Waals surface area contributed by atoms with Crippen LogP contribution in [0.4, 0.5) is 0 Å². The molecule has 0 aromatic carbocycles. The zero-order chi connectivity index (χ0) is 12.1. The molecule has 0 radical (unpaired) electrons. The minimum Gasteiger partial charge on any atom is -0.395 e. The van der Waals surface area contributed by atoms with Gasteiger partial charge in [-0.15, -0.1) is 0 Å². The summed E-state index contributed by atoms with van der Waals surface area (Å²) in [6.07, 6.45) is 0.368. The van der Waals surface area contributed by atoms with Crippen LogP contribution in [0, 0.1) is 0 Å². The molecule has 0 bridgehead atoms. The summed E-state index contributed by atoms with van der Waals surface area (Å²) in [7, 11) is 1.60. The van der Waals surface area contributed by atoms with Crippen LogP contribution in [0.5, 0.6) is 0 Å². The number of rotatable bonds is 5. The Kier molecular flexibility index (Phi) is 5.28. The molecule has 0 aliphatic carbocycles. The van der Waals surface area contributed by atoms with Crippen LogP contribution in [-0.2, 0) is 9.59 Å². The Bertz CT molecular complexity index is 239. The quantitative estimate of drug-likeness (QED) is 0.665. The molecule has 0 atom stereocenters. The molecule has 2 N–H and O–H groups in total. The minimum absolute atomic E-state index is 0.0841. The van der Waals surface area contributed by atoms with E-state index >= 15 is 0 Å². The van der Waals surface area contributed by atoms with Crippen LogP contribution in [0.1, 0.15) is 27.2 Å². The third-order valence-corrected chi connectivity index (χ3v) is 2.47. The number of amides is 2. The van der Waals surface area contributed by atoms with Crippen LogP contribution < -0.4 is 5.32 Å². The highest BCUT2D eigenvalue weighted by Crippen LogP contribution is 2.13. The van der Waals surface area contributed by atoms with E-state index in [-0.39, 0.29) is 25.0 Å². The first-order chi connectivity index (χ1) is 6.87. The van der Waals surface area contributed by atoms with Crippen LogP contribution in [0.2, 0.25) is 0 Å². The van der Waals surface area contributed by atoms with Gasteiger partial charge in [0.2, 0.25) is 11.8 Å². The Morgan fingerprint density at radius 2 is 1.93 bits per heavy atom. The molecule has 0 aromatic rings. The largest absolute Gasteiger partial charge is 0.395 e. The molecule has 0 saturated carbocycles. The van der Waals surface area contributed by atoms with Crippen molar-refractivity contribution in [3.8, 4) is 0 Å². The van der Waals surface area contributed by atoms with E-state index in [4.69, 9.17) is 5.11 Å². The smallest absolute Gasteiger partial charge is 0.245 e. The van der Waals surface area contributed by atoms with Gasteiger partial charge in [0.15, 0.2) is 0 Å². The number of hydrogen-bond donors (Lipinski definition) is 2. The van der Waals surface area contributed by atoms with Gasteiger partial charge in [-0.25, -0.2) is 0 Å². The van der Waals surface area contributed by atoms with Crippen molar-refractivity contribution in [2.24, 2.45) is 0 Å². The summed E-state index contributed by atoms with van der Waals surface area (Å²) >= 11 is 0. The average Bonchev–Trinajstić information content (AvgIpc) is 2.23. The molecule has 15 heavy (non-hydrogen) atoms. The normalized spacial score (nSPS) is 11.0. The van der Waals surface area contributed by atoms with E-state index in [1.807, 2.05) is 0 Å². The van der Waals surface area contributed by atoms with Crippen molar-refractivity contribution in [3.63, 3.8) is 0 Å². The Hall–Kier alpha value is -1.10. The fourth-order valence-corrected chi connectivity index (χ4v) is 1.09. The summed E-state index contributed by atoms with van der Waals surface area (Å²) in [4.78, 5) is 24.5. The van der Waals surface area contributed by atoms with Crippen LogP contribution in [0.15, 0.2) is 0 Å². The van der Waals surface area contributed by atoms with Crippen LogP contribution in [-0.4, -0.2) is 47.6 Å². The molecule has 0 fully saturated rings. The van der Waals surface area contributed by atoms with Crippen molar-refractivity contribution in [2.75, 3.05) is 20.2 Å². The zero-order valence-corrected chi connectivity index (χ0v) is 9.83. The Morgan fingerprint density at radius 1 is 1.40 bits per heavy atom. The predicted molar refractivity (Wildman–Crippen MR) is 57.2 cm³/mol. The third-order valence-electron chi connectivity index (χ3n) is 2.47. The van der Waals surface area contributed by atoms with Gasteiger partial charge in [-0.05, 0) is 13.8 Å². The molecular weight excluding hydrogens is 196 g/mol. The van der Waals surface area contributed by atoms with Crippen molar-refractivity contribution >= 4 is 11.8 Å². The maximum absolute atomic E-state index is 11.7. The van der Waals surface area contributed by atoms with Gasteiger partial charge in [-0.2, -0.15) is 0 Å². The number of aliphatic hydroxyl groups is 1. The minimum atomic E-state index is -0.887. The lowest BCUT2D eigenvalue weighted by Crippen LogP contribution is -2.55. The molecule has 0 rings (SSSR count). The molecule has 0 aliphatic rings. The van der Waals surface area contributed by atoms with Gasteiger partial charge in [0, 0.05) is 20.0 Å². The van der Waals surface area contributed by atoms with E-state index in [1.165, 1.54) is 4.90 Å². The van der Waals surface area contributed by atoms with Crippen LogP contribution in [0.3, 0.4) is 0 Å². The van der Waals surface area contributed by atoms with Gasteiger partial charge in [0.25, 0.3) is 0 Å². The summed E-state index contributed by atoms with van der Waals surface area (Å²) in [5, 5.41) is 11.1. The summed E-state index contributed by atoms with van der Waals surface area (Å²) in [6, 6.07) is 0. The maximum atomic E-state index is 11.7. The van der Waals surface area contributed by atoms with E-state index in [0.29, 0.717) is 6.42 Å². The summed E-state index contributed by atoms with van der Waals surface area (Å²) < 4.78 is 0. The van der Waals surface area contributed by atoms with E-state index in [2.05, 4.69) is 5.32 Å². The van der Waals surface area contributed by atoms with Crippen molar-refractivity contribution in [1.29, 1.82) is 0 Å². The number of carbonyl (C=O) groups is 2. The van der Waals surface area contributed by atoms with Gasteiger partial charge >= 0.3 is 0 Å². The topological polar surface area (TPSA) is 69.6 Å². The van der Waals surface area contributed by atoms with E-state index in [9.17, 15) is 9.59 Å².